The molecule has 4 aromatic rings. The maximum atomic E-state index is 11.7. The van der Waals surface area contributed by atoms with Crippen molar-refractivity contribution in [1.82, 2.24) is 9.97 Å². The van der Waals surface area contributed by atoms with Crippen molar-refractivity contribution in [2.75, 3.05) is 0 Å². The van der Waals surface area contributed by atoms with Crippen molar-refractivity contribution in [2.24, 2.45) is 0 Å². The zero-order chi connectivity index (χ0) is 19.1. The van der Waals surface area contributed by atoms with Crippen LogP contribution in [0.15, 0.2) is 58.4 Å². The van der Waals surface area contributed by atoms with E-state index in [0.29, 0.717) is 11.8 Å². The molecule has 28 heavy (non-hydrogen) atoms. The van der Waals surface area contributed by atoms with Gasteiger partial charge < -0.3 is 0 Å². The molecule has 0 bridgehead atoms. The molecule has 0 spiro atoms. The number of aromatic nitrogens is 2. The van der Waals surface area contributed by atoms with Crippen LogP contribution < -0.4 is 10.9 Å². The molecule has 6 heteroatoms. The van der Waals surface area contributed by atoms with Crippen molar-refractivity contribution in [2.45, 2.75) is 37.5 Å². The Morgan fingerprint density at radius 1 is 0.714 bits per heavy atom. The van der Waals surface area contributed by atoms with Crippen LogP contribution in [-0.4, -0.2) is 9.97 Å². The third kappa shape index (κ3) is 3.62. The van der Waals surface area contributed by atoms with Crippen molar-refractivity contribution in [3.63, 3.8) is 0 Å². The summed E-state index contributed by atoms with van der Waals surface area (Å²) in [5.41, 5.74) is 0.238. The molecule has 0 radical (unpaired) electrons. The summed E-state index contributed by atoms with van der Waals surface area (Å²) < 4.78 is 0. The minimum Gasteiger partial charge on any atom is -0.289 e. The highest BCUT2D eigenvalue weighted by Crippen LogP contribution is 2.43. The van der Waals surface area contributed by atoms with E-state index in [1.807, 2.05) is 24.3 Å². The maximum Gasteiger partial charge on any atom is 0.189 e. The molecule has 0 aliphatic heterocycles. The fraction of sp³-hybridized carbons (Fsp3) is 0.273. The molecule has 2 fully saturated rings. The van der Waals surface area contributed by atoms with Gasteiger partial charge in [-0.1, -0.05) is 0 Å². The third-order valence-corrected chi connectivity index (χ3v) is 7.42. The lowest BCUT2D eigenvalue weighted by Gasteiger charge is -1.98. The summed E-state index contributed by atoms with van der Waals surface area (Å²) in [4.78, 5) is 36.0. The summed E-state index contributed by atoms with van der Waals surface area (Å²) in [6.45, 7) is 0. The van der Waals surface area contributed by atoms with Gasteiger partial charge in [0, 0.05) is 22.1 Å². The Morgan fingerprint density at radius 2 is 1.14 bits per heavy atom. The highest BCUT2D eigenvalue weighted by atomic mass is 32.1. The number of nitrogens with zero attached hydrogens (tertiary/aromatic N) is 2. The Hall–Kier alpha value is -2.44. The van der Waals surface area contributed by atoms with Gasteiger partial charge in [-0.05, 0) is 73.9 Å². The minimum absolute atomic E-state index is 0.119. The van der Waals surface area contributed by atoms with Crippen LogP contribution in [0.25, 0.3) is 20.4 Å². The Balaban J connectivity index is 0.000000122. The summed E-state index contributed by atoms with van der Waals surface area (Å²) in [5, 5.41) is 1.50. The van der Waals surface area contributed by atoms with E-state index in [-0.39, 0.29) is 10.9 Å². The second kappa shape index (κ2) is 7.18. The van der Waals surface area contributed by atoms with Crippen molar-refractivity contribution in [3.05, 3.63) is 79.0 Å². The number of rotatable bonds is 2. The molecule has 0 amide bonds. The number of fused-ring (bicyclic) bond motifs is 2. The molecule has 2 aliphatic rings. The Kier molecular flexibility index (Phi) is 4.53. The monoisotopic (exact) mass is 406 g/mol. The van der Waals surface area contributed by atoms with Crippen LogP contribution in [0.5, 0.6) is 0 Å². The summed E-state index contributed by atoms with van der Waals surface area (Å²) in [6.07, 6.45) is 8.41. The van der Waals surface area contributed by atoms with E-state index in [1.165, 1.54) is 35.4 Å². The minimum atomic E-state index is 0.119. The first kappa shape index (κ1) is 17.6. The van der Waals surface area contributed by atoms with Crippen LogP contribution >= 0.6 is 22.7 Å². The highest BCUT2D eigenvalue weighted by molar-refractivity contribution is 7.18. The van der Waals surface area contributed by atoms with Gasteiger partial charge in [-0.2, -0.15) is 0 Å². The molecule has 0 N–H and O–H groups in total. The van der Waals surface area contributed by atoms with E-state index < -0.39 is 0 Å². The van der Waals surface area contributed by atoms with Crippen molar-refractivity contribution in [1.29, 1.82) is 0 Å². The molecule has 2 aliphatic carbocycles. The van der Waals surface area contributed by atoms with Gasteiger partial charge in [0.1, 0.15) is 9.66 Å². The van der Waals surface area contributed by atoms with Gasteiger partial charge >= 0.3 is 0 Å². The molecule has 0 aromatic carbocycles. The van der Waals surface area contributed by atoms with Crippen molar-refractivity contribution < 1.29 is 0 Å². The molecule has 6 rings (SSSR count). The zero-order valence-electron chi connectivity index (χ0n) is 15.1. The average Bonchev–Trinajstić information content (AvgIpc) is 3.61. The van der Waals surface area contributed by atoms with Gasteiger partial charge in [-0.3, -0.25) is 9.59 Å². The van der Waals surface area contributed by atoms with Gasteiger partial charge in [0.2, 0.25) is 0 Å². The van der Waals surface area contributed by atoms with Crippen molar-refractivity contribution >= 4 is 43.1 Å². The topological polar surface area (TPSA) is 59.9 Å². The number of pyridine rings is 2. The smallest absolute Gasteiger partial charge is 0.189 e. The van der Waals surface area contributed by atoms with E-state index in [2.05, 4.69) is 9.97 Å². The molecule has 0 saturated heterocycles. The number of hydrogen-bond acceptors (Lipinski definition) is 6. The van der Waals surface area contributed by atoms with Gasteiger partial charge in [-0.15, -0.1) is 22.7 Å². The molecule has 0 atom stereocenters. The van der Waals surface area contributed by atoms with E-state index in [9.17, 15) is 9.59 Å². The van der Waals surface area contributed by atoms with Crippen LogP contribution in [-0.2, 0) is 0 Å². The first-order chi connectivity index (χ1) is 13.7. The Bertz CT molecular complexity index is 1190. The second-order valence-electron chi connectivity index (χ2n) is 7.29. The maximum absolute atomic E-state index is 11.7. The third-order valence-electron chi connectivity index (χ3n) is 5.01. The SMILES string of the molecule is O=c1cc(C2CC2)sc2ncccc12.O=c1cc(C2CC2)sc2ncccc12. The first-order valence-corrected chi connectivity index (χ1v) is 11.1. The lowest BCUT2D eigenvalue weighted by atomic mass is 10.3. The molecule has 2 saturated carbocycles. The second-order valence-corrected chi connectivity index (χ2v) is 9.41. The van der Waals surface area contributed by atoms with Crippen LogP contribution in [0.1, 0.15) is 47.3 Å². The fourth-order valence-corrected chi connectivity index (χ4v) is 5.52. The zero-order valence-corrected chi connectivity index (χ0v) is 16.8. The largest absolute Gasteiger partial charge is 0.289 e. The van der Waals surface area contributed by atoms with E-state index in [4.69, 9.17) is 0 Å². The number of hydrogen-bond donors (Lipinski definition) is 0. The summed E-state index contributed by atoms with van der Waals surface area (Å²) in [6, 6.07) is 10.9. The lowest BCUT2D eigenvalue weighted by molar-refractivity contribution is 1.17. The van der Waals surface area contributed by atoms with Crippen molar-refractivity contribution in [3.8, 4) is 0 Å². The summed E-state index contributed by atoms with van der Waals surface area (Å²) in [5.74, 6) is 1.28. The molecule has 140 valence electrons. The fourth-order valence-electron chi connectivity index (χ4n) is 3.15. The molecule has 4 aromatic heterocycles. The molecule has 4 heterocycles. The van der Waals surface area contributed by atoms with Gasteiger partial charge in [0.05, 0.1) is 10.8 Å². The van der Waals surface area contributed by atoms with Gasteiger partial charge in [0.25, 0.3) is 0 Å². The van der Waals surface area contributed by atoms with Crippen LogP contribution in [0.2, 0.25) is 0 Å². The lowest BCUT2D eigenvalue weighted by Crippen LogP contribution is -2.00. The quantitative estimate of drug-likeness (QED) is 0.466. The van der Waals surface area contributed by atoms with Crippen LogP contribution in [0.3, 0.4) is 0 Å². The molecule has 0 unspecified atom stereocenters. The van der Waals surface area contributed by atoms with Gasteiger partial charge in [0.15, 0.2) is 10.9 Å². The van der Waals surface area contributed by atoms with E-state index in [1.54, 1.807) is 47.2 Å². The highest BCUT2D eigenvalue weighted by Gasteiger charge is 2.26. The molecular formula is C22H18N2O2S2. The molecule has 4 nitrogen and oxygen atoms in total. The predicted molar refractivity (Wildman–Crippen MR) is 116 cm³/mol. The van der Waals surface area contributed by atoms with E-state index in [0.717, 1.165) is 20.4 Å². The van der Waals surface area contributed by atoms with Gasteiger partial charge in [-0.25, -0.2) is 9.97 Å². The average molecular weight is 407 g/mol. The Morgan fingerprint density at radius 3 is 1.54 bits per heavy atom. The first-order valence-electron chi connectivity index (χ1n) is 9.46. The predicted octanol–water partition coefficient (Wildman–Crippen LogP) is 5.07. The van der Waals surface area contributed by atoms with Crippen LogP contribution in [0.4, 0.5) is 0 Å². The summed E-state index contributed by atoms with van der Waals surface area (Å²) >= 11 is 3.32. The normalized spacial score (nSPS) is 16.0. The standard InChI is InChI=1S/2C11H9NOS/c2*13-9-6-10(7-3-4-7)14-11-8(9)2-1-5-12-11/h2*1-2,5-7H,3-4H2. The van der Waals surface area contributed by atoms with E-state index >= 15 is 0 Å². The molecular weight excluding hydrogens is 388 g/mol. The van der Waals surface area contributed by atoms with Crippen LogP contribution in [0, 0.1) is 0 Å². The summed E-state index contributed by atoms with van der Waals surface area (Å²) in [7, 11) is 0. The Labute approximate surface area is 169 Å².